The third kappa shape index (κ3) is 5.18. The van der Waals surface area contributed by atoms with Crippen LogP contribution in [0, 0.1) is 5.92 Å². The topological polar surface area (TPSA) is 70.2 Å². The van der Waals surface area contributed by atoms with Crippen molar-refractivity contribution in [1.29, 1.82) is 0 Å². The van der Waals surface area contributed by atoms with E-state index in [-0.39, 0.29) is 5.91 Å². The quantitative estimate of drug-likeness (QED) is 0.797. The van der Waals surface area contributed by atoms with Gasteiger partial charge in [0.15, 0.2) is 0 Å². The van der Waals surface area contributed by atoms with E-state index in [0.717, 1.165) is 49.8 Å². The van der Waals surface area contributed by atoms with Gasteiger partial charge in [-0.05, 0) is 44.2 Å². The molecule has 1 aliphatic heterocycles. The molecule has 138 valence electrons. The Balaban J connectivity index is 1.50. The molecule has 0 aliphatic carbocycles. The fourth-order valence-corrected chi connectivity index (χ4v) is 3.39. The summed E-state index contributed by atoms with van der Waals surface area (Å²) in [5.41, 5.74) is 0.861. The van der Waals surface area contributed by atoms with Crippen molar-refractivity contribution in [2.45, 2.75) is 32.6 Å². The Morgan fingerprint density at radius 1 is 1.27 bits per heavy atom. The molecule has 3 rings (SSSR count). The number of amides is 1. The van der Waals surface area contributed by atoms with Crippen molar-refractivity contribution in [1.82, 2.24) is 9.97 Å². The lowest BCUT2D eigenvalue weighted by molar-refractivity contribution is -0.116. The van der Waals surface area contributed by atoms with Crippen LogP contribution in [0.5, 0.6) is 0 Å². The number of para-hydroxylation sites is 1. The molecule has 0 bridgehead atoms. The van der Waals surface area contributed by atoms with Crippen molar-refractivity contribution in [2.24, 2.45) is 5.92 Å². The van der Waals surface area contributed by atoms with E-state index in [2.05, 4.69) is 32.4 Å². The summed E-state index contributed by atoms with van der Waals surface area (Å²) in [6, 6.07) is 11.6. The Morgan fingerprint density at radius 2 is 2.12 bits per heavy atom. The third-order valence-electron chi connectivity index (χ3n) is 4.69. The summed E-state index contributed by atoms with van der Waals surface area (Å²) in [6.07, 6.45) is 5.37. The van der Waals surface area contributed by atoms with Gasteiger partial charge in [-0.3, -0.25) is 4.79 Å². The molecule has 6 heteroatoms. The number of nitrogens with zero attached hydrogens (tertiary/aromatic N) is 3. The number of carbonyl (C=O) groups excluding carboxylic acids is 1. The van der Waals surface area contributed by atoms with Gasteiger partial charge in [0.2, 0.25) is 5.91 Å². The first-order valence-corrected chi connectivity index (χ1v) is 9.40. The van der Waals surface area contributed by atoms with Gasteiger partial charge < -0.3 is 15.5 Å². The molecular weight excluding hydrogens is 326 g/mol. The van der Waals surface area contributed by atoms with E-state index in [1.54, 1.807) is 6.33 Å². The minimum absolute atomic E-state index is 0.0878. The average molecular weight is 353 g/mol. The van der Waals surface area contributed by atoms with Crippen LogP contribution in [0.4, 0.5) is 17.3 Å². The normalized spacial score (nSPS) is 17.0. The number of rotatable bonds is 7. The molecule has 1 fully saturated rings. The lowest BCUT2D eigenvalue weighted by Gasteiger charge is -2.33. The monoisotopic (exact) mass is 353 g/mol. The fraction of sp³-hybridized carbons (Fsp3) is 0.450. The lowest BCUT2D eigenvalue weighted by Crippen LogP contribution is -2.36. The van der Waals surface area contributed by atoms with Gasteiger partial charge in [0.05, 0.1) is 0 Å². The van der Waals surface area contributed by atoms with Crippen LogP contribution < -0.4 is 15.5 Å². The molecule has 26 heavy (non-hydrogen) atoms. The van der Waals surface area contributed by atoms with Crippen LogP contribution >= 0.6 is 0 Å². The SMILES string of the molecule is CCNc1cc(N2CCC[C@@H](CCC(=O)Nc3ccccc3)C2)ncn1. The zero-order valence-corrected chi connectivity index (χ0v) is 15.3. The second kappa shape index (κ2) is 9.17. The molecule has 2 aromatic rings. The molecule has 0 radical (unpaired) electrons. The first-order chi connectivity index (χ1) is 12.7. The number of carbonyl (C=O) groups is 1. The van der Waals surface area contributed by atoms with Gasteiger partial charge in [-0.25, -0.2) is 9.97 Å². The Kier molecular flexibility index (Phi) is 6.41. The summed E-state index contributed by atoms with van der Waals surface area (Å²) in [6.45, 7) is 4.85. The van der Waals surface area contributed by atoms with E-state index < -0.39 is 0 Å². The first-order valence-electron chi connectivity index (χ1n) is 9.40. The highest BCUT2D eigenvalue weighted by molar-refractivity contribution is 5.90. The van der Waals surface area contributed by atoms with Gasteiger partial charge in [-0.15, -0.1) is 0 Å². The summed E-state index contributed by atoms with van der Waals surface area (Å²) < 4.78 is 0. The summed E-state index contributed by atoms with van der Waals surface area (Å²) in [5.74, 6) is 2.43. The number of anilines is 3. The Labute approximate surface area is 155 Å². The van der Waals surface area contributed by atoms with E-state index in [1.807, 2.05) is 36.4 Å². The van der Waals surface area contributed by atoms with E-state index in [9.17, 15) is 4.79 Å². The molecule has 6 nitrogen and oxygen atoms in total. The van der Waals surface area contributed by atoms with Gasteiger partial charge in [0.25, 0.3) is 0 Å². The largest absolute Gasteiger partial charge is 0.370 e. The zero-order chi connectivity index (χ0) is 18.2. The van der Waals surface area contributed by atoms with E-state index >= 15 is 0 Å². The van der Waals surface area contributed by atoms with Crippen LogP contribution in [0.3, 0.4) is 0 Å². The highest BCUT2D eigenvalue weighted by atomic mass is 16.1. The molecule has 1 aliphatic rings. The number of piperidine rings is 1. The maximum Gasteiger partial charge on any atom is 0.224 e. The summed E-state index contributed by atoms with van der Waals surface area (Å²) >= 11 is 0. The number of benzene rings is 1. The summed E-state index contributed by atoms with van der Waals surface area (Å²) in [5, 5.41) is 6.20. The van der Waals surface area contributed by atoms with Crippen molar-refractivity contribution >= 4 is 23.2 Å². The zero-order valence-electron chi connectivity index (χ0n) is 15.3. The molecular formula is C20H27N5O. The number of aromatic nitrogens is 2. The highest BCUT2D eigenvalue weighted by Crippen LogP contribution is 2.25. The third-order valence-corrected chi connectivity index (χ3v) is 4.69. The minimum Gasteiger partial charge on any atom is -0.370 e. The first kappa shape index (κ1) is 18.2. The predicted molar refractivity (Wildman–Crippen MR) is 105 cm³/mol. The van der Waals surface area contributed by atoms with Gasteiger partial charge in [-0.1, -0.05) is 18.2 Å². The molecule has 1 atom stereocenters. The highest BCUT2D eigenvalue weighted by Gasteiger charge is 2.22. The van der Waals surface area contributed by atoms with Gasteiger partial charge in [0.1, 0.15) is 18.0 Å². The summed E-state index contributed by atoms with van der Waals surface area (Å²) in [4.78, 5) is 23.1. The standard InChI is InChI=1S/C20H27N5O/c1-2-21-18-13-19(23-15-22-18)25-12-6-7-16(14-25)10-11-20(26)24-17-8-4-3-5-9-17/h3-5,8-9,13,15-16H,2,6-7,10-12,14H2,1H3,(H,24,26)(H,21,22,23)/t16-/m0/s1. The molecule has 1 amide bonds. The van der Waals surface area contributed by atoms with Crippen LogP contribution in [0.15, 0.2) is 42.7 Å². The van der Waals surface area contributed by atoms with Gasteiger partial charge >= 0.3 is 0 Å². The Morgan fingerprint density at radius 3 is 2.92 bits per heavy atom. The van der Waals surface area contributed by atoms with Crippen LogP contribution in [0.1, 0.15) is 32.6 Å². The molecule has 0 unspecified atom stereocenters. The van der Waals surface area contributed by atoms with E-state index in [1.165, 1.54) is 6.42 Å². The van der Waals surface area contributed by atoms with Gasteiger partial charge in [-0.2, -0.15) is 0 Å². The Hall–Kier alpha value is -2.63. The van der Waals surface area contributed by atoms with E-state index in [4.69, 9.17) is 0 Å². The lowest BCUT2D eigenvalue weighted by atomic mass is 9.93. The van der Waals surface area contributed by atoms with Crippen LogP contribution in [-0.2, 0) is 4.79 Å². The number of hydrogen-bond acceptors (Lipinski definition) is 5. The second-order valence-corrected chi connectivity index (χ2v) is 6.70. The molecule has 1 saturated heterocycles. The van der Waals surface area contributed by atoms with E-state index in [0.29, 0.717) is 12.3 Å². The summed E-state index contributed by atoms with van der Waals surface area (Å²) in [7, 11) is 0. The van der Waals surface area contributed by atoms with Crippen molar-refractivity contribution in [3.05, 3.63) is 42.7 Å². The van der Waals surface area contributed by atoms with Gasteiger partial charge in [0, 0.05) is 37.8 Å². The van der Waals surface area contributed by atoms with Crippen molar-refractivity contribution < 1.29 is 4.79 Å². The maximum absolute atomic E-state index is 12.2. The second-order valence-electron chi connectivity index (χ2n) is 6.70. The molecule has 1 aromatic carbocycles. The maximum atomic E-state index is 12.2. The van der Waals surface area contributed by atoms with Crippen LogP contribution in [0.25, 0.3) is 0 Å². The minimum atomic E-state index is 0.0878. The molecule has 2 N–H and O–H groups in total. The fourth-order valence-electron chi connectivity index (χ4n) is 3.39. The Bertz CT molecular complexity index is 706. The molecule has 2 heterocycles. The smallest absolute Gasteiger partial charge is 0.224 e. The molecule has 0 saturated carbocycles. The number of hydrogen-bond donors (Lipinski definition) is 2. The molecule has 1 aromatic heterocycles. The average Bonchev–Trinajstić information content (AvgIpc) is 2.68. The van der Waals surface area contributed by atoms with Crippen molar-refractivity contribution in [2.75, 3.05) is 35.2 Å². The van der Waals surface area contributed by atoms with Crippen LogP contribution in [0.2, 0.25) is 0 Å². The van der Waals surface area contributed by atoms with Crippen LogP contribution in [-0.4, -0.2) is 35.5 Å². The number of nitrogens with one attached hydrogen (secondary N) is 2. The molecule has 0 spiro atoms. The van der Waals surface area contributed by atoms with Crippen molar-refractivity contribution in [3.8, 4) is 0 Å². The predicted octanol–water partition coefficient (Wildman–Crippen LogP) is 3.54. The van der Waals surface area contributed by atoms with Crippen molar-refractivity contribution in [3.63, 3.8) is 0 Å².